The number of benzene rings is 1. The minimum absolute atomic E-state index is 0.122. The third kappa shape index (κ3) is 3.40. The summed E-state index contributed by atoms with van der Waals surface area (Å²) in [6.45, 7) is 0.637. The minimum Gasteiger partial charge on any atom is -0.368 e. The normalized spacial score (nSPS) is 20.7. The first kappa shape index (κ1) is 14.5. The first-order valence-electron chi connectivity index (χ1n) is 7.28. The van der Waals surface area contributed by atoms with Gasteiger partial charge in [0.05, 0.1) is 12.2 Å². The molecule has 6 nitrogen and oxygen atoms in total. The average Bonchev–Trinajstić information content (AvgIpc) is 3.03. The molecule has 0 aliphatic carbocycles. The fourth-order valence-electron chi connectivity index (χ4n) is 2.58. The Morgan fingerprint density at radius 1 is 1.27 bits per heavy atom. The van der Waals surface area contributed by atoms with Gasteiger partial charge in [0.1, 0.15) is 17.8 Å². The van der Waals surface area contributed by atoms with Crippen LogP contribution in [0.4, 0.5) is 5.82 Å². The number of rotatable bonds is 5. The van der Waals surface area contributed by atoms with Crippen LogP contribution in [0.1, 0.15) is 35.0 Å². The van der Waals surface area contributed by atoms with Crippen LogP contribution >= 0.6 is 0 Å². The lowest BCUT2D eigenvalue weighted by atomic mass is 10.1. The highest BCUT2D eigenvalue weighted by Gasteiger charge is 2.26. The zero-order valence-corrected chi connectivity index (χ0v) is 12.1. The van der Waals surface area contributed by atoms with Crippen LogP contribution < -0.4 is 11.1 Å². The predicted octanol–water partition coefficient (Wildman–Crippen LogP) is 1.91. The Balaban J connectivity index is 1.55. The molecule has 1 aromatic carbocycles. The lowest BCUT2D eigenvalue weighted by Gasteiger charge is -2.15. The summed E-state index contributed by atoms with van der Waals surface area (Å²) in [5, 5.41) is 3.17. The largest absolute Gasteiger partial charge is 0.368 e. The smallest absolute Gasteiger partial charge is 0.267 e. The van der Waals surface area contributed by atoms with Gasteiger partial charge in [-0.3, -0.25) is 4.79 Å². The monoisotopic (exact) mass is 298 g/mol. The number of hydrogen-bond acceptors (Lipinski definition) is 5. The number of hydrogen-bond donors (Lipinski definition) is 2. The number of nitrogens with one attached hydrogen (secondary N) is 1. The van der Waals surface area contributed by atoms with Gasteiger partial charge in [-0.2, -0.15) is 0 Å². The summed E-state index contributed by atoms with van der Waals surface area (Å²) in [5.74, 6) is 0.0160. The first-order chi connectivity index (χ1) is 10.7. The summed E-state index contributed by atoms with van der Waals surface area (Å²) in [5.41, 5.74) is 6.61. The molecule has 114 valence electrons. The SMILES string of the molecule is NC(=O)c1cc(NC[C@H]2CC[C@H](c3ccccc3)O2)ncn1. The molecule has 1 aliphatic rings. The Hall–Kier alpha value is -2.47. The van der Waals surface area contributed by atoms with Gasteiger partial charge in [0.2, 0.25) is 0 Å². The number of carbonyl (C=O) groups is 1. The van der Waals surface area contributed by atoms with Crippen molar-refractivity contribution in [3.8, 4) is 0 Å². The van der Waals surface area contributed by atoms with Crippen molar-refractivity contribution < 1.29 is 9.53 Å². The van der Waals surface area contributed by atoms with Gasteiger partial charge in [-0.05, 0) is 18.4 Å². The minimum atomic E-state index is -0.563. The van der Waals surface area contributed by atoms with Gasteiger partial charge >= 0.3 is 0 Å². The molecule has 2 aromatic rings. The van der Waals surface area contributed by atoms with E-state index in [1.165, 1.54) is 11.9 Å². The molecule has 3 N–H and O–H groups in total. The first-order valence-corrected chi connectivity index (χ1v) is 7.28. The van der Waals surface area contributed by atoms with Gasteiger partial charge in [0.25, 0.3) is 5.91 Å². The van der Waals surface area contributed by atoms with Gasteiger partial charge in [-0.1, -0.05) is 30.3 Å². The summed E-state index contributed by atoms with van der Waals surface area (Å²) in [7, 11) is 0. The zero-order valence-electron chi connectivity index (χ0n) is 12.1. The lowest BCUT2D eigenvalue weighted by molar-refractivity contribution is 0.0521. The second-order valence-corrected chi connectivity index (χ2v) is 5.27. The summed E-state index contributed by atoms with van der Waals surface area (Å²) in [6, 6.07) is 11.8. The molecular weight excluding hydrogens is 280 g/mol. The van der Waals surface area contributed by atoms with Gasteiger partial charge in [0.15, 0.2) is 0 Å². The Kier molecular flexibility index (Phi) is 4.29. The number of carbonyl (C=O) groups excluding carboxylic acids is 1. The summed E-state index contributed by atoms with van der Waals surface area (Å²) in [4.78, 5) is 19.0. The molecule has 6 heteroatoms. The van der Waals surface area contributed by atoms with Crippen molar-refractivity contribution in [1.29, 1.82) is 0 Å². The van der Waals surface area contributed by atoms with Crippen molar-refractivity contribution in [1.82, 2.24) is 9.97 Å². The molecule has 1 saturated heterocycles. The molecule has 22 heavy (non-hydrogen) atoms. The van der Waals surface area contributed by atoms with Crippen molar-refractivity contribution in [3.63, 3.8) is 0 Å². The van der Waals surface area contributed by atoms with Crippen molar-refractivity contribution in [2.45, 2.75) is 25.0 Å². The van der Waals surface area contributed by atoms with E-state index in [1.54, 1.807) is 6.07 Å². The van der Waals surface area contributed by atoms with Crippen molar-refractivity contribution in [3.05, 3.63) is 54.0 Å². The maximum atomic E-state index is 11.1. The van der Waals surface area contributed by atoms with Gasteiger partial charge in [0, 0.05) is 12.6 Å². The number of aromatic nitrogens is 2. The van der Waals surface area contributed by atoms with E-state index in [4.69, 9.17) is 10.5 Å². The number of amides is 1. The van der Waals surface area contributed by atoms with Crippen LogP contribution in [-0.4, -0.2) is 28.5 Å². The maximum Gasteiger partial charge on any atom is 0.267 e. The number of primary amides is 1. The molecule has 1 aromatic heterocycles. The van der Waals surface area contributed by atoms with E-state index in [0.29, 0.717) is 12.4 Å². The molecular formula is C16H18N4O2. The standard InChI is InChI=1S/C16H18N4O2/c17-16(21)13-8-15(20-10-19-13)18-9-12-6-7-14(22-12)11-4-2-1-3-5-11/h1-5,8,10,12,14H,6-7,9H2,(H2,17,21)(H,18,19,20)/t12-,14-/m1/s1. The molecule has 0 saturated carbocycles. The fourth-order valence-corrected chi connectivity index (χ4v) is 2.58. The molecule has 3 rings (SSSR count). The van der Waals surface area contributed by atoms with Crippen LogP contribution in [0.15, 0.2) is 42.7 Å². The summed E-state index contributed by atoms with van der Waals surface area (Å²) in [6.07, 6.45) is 3.59. The summed E-state index contributed by atoms with van der Waals surface area (Å²) >= 11 is 0. The van der Waals surface area contributed by atoms with E-state index in [1.807, 2.05) is 18.2 Å². The Morgan fingerprint density at radius 2 is 2.09 bits per heavy atom. The van der Waals surface area contributed by atoms with E-state index in [2.05, 4.69) is 27.4 Å². The zero-order chi connectivity index (χ0) is 15.4. The maximum absolute atomic E-state index is 11.1. The highest BCUT2D eigenvalue weighted by molar-refractivity contribution is 5.91. The fraction of sp³-hybridized carbons (Fsp3) is 0.312. The van der Waals surface area contributed by atoms with Gasteiger partial charge < -0.3 is 15.8 Å². The molecule has 0 spiro atoms. The van der Waals surface area contributed by atoms with Crippen molar-refractivity contribution >= 4 is 11.7 Å². The quantitative estimate of drug-likeness (QED) is 0.880. The average molecular weight is 298 g/mol. The molecule has 1 amide bonds. The molecule has 0 bridgehead atoms. The van der Waals surface area contributed by atoms with E-state index >= 15 is 0 Å². The lowest BCUT2D eigenvalue weighted by Crippen LogP contribution is -2.20. The Morgan fingerprint density at radius 3 is 2.86 bits per heavy atom. The molecule has 0 unspecified atom stereocenters. The summed E-state index contributed by atoms with van der Waals surface area (Å²) < 4.78 is 6.05. The Bertz CT molecular complexity index is 648. The molecule has 2 atom stereocenters. The van der Waals surface area contributed by atoms with Crippen LogP contribution in [0, 0.1) is 0 Å². The number of nitrogens with zero attached hydrogens (tertiary/aromatic N) is 2. The van der Waals surface area contributed by atoms with Crippen LogP contribution in [0.2, 0.25) is 0 Å². The van der Waals surface area contributed by atoms with Crippen molar-refractivity contribution in [2.24, 2.45) is 5.73 Å². The van der Waals surface area contributed by atoms with Crippen LogP contribution in [-0.2, 0) is 4.74 Å². The molecule has 2 heterocycles. The predicted molar refractivity (Wildman–Crippen MR) is 82.3 cm³/mol. The molecule has 1 fully saturated rings. The third-order valence-electron chi connectivity index (χ3n) is 3.71. The van der Waals surface area contributed by atoms with E-state index < -0.39 is 5.91 Å². The molecule has 0 radical (unpaired) electrons. The number of ether oxygens (including phenoxy) is 1. The highest BCUT2D eigenvalue weighted by Crippen LogP contribution is 2.32. The third-order valence-corrected chi connectivity index (χ3v) is 3.71. The van der Waals surface area contributed by atoms with E-state index in [9.17, 15) is 4.79 Å². The van der Waals surface area contributed by atoms with Crippen LogP contribution in [0.5, 0.6) is 0 Å². The van der Waals surface area contributed by atoms with E-state index in [-0.39, 0.29) is 17.9 Å². The van der Waals surface area contributed by atoms with Crippen LogP contribution in [0.3, 0.4) is 0 Å². The highest BCUT2D eigenvalue weighted by atomic mass is 16.5. The van der Waals surface area contributed by atoms with Gasteiger partial charge in [-0.25, -0.2) is 9.97 Å². The molecule has 1 aliphatic heterocycles. The van der Waals surface area contributed by atoms with Gasteiger partial charge in [-0.15, -0.1) is 0 Å². The second-order valence-electron chi connectivity index (χ2n) is 5.27. The Labute approximate surface area is 128 Å². The van der Waals surface area contributed by atoms with Crippen molar-refractivity contribution in [2.75, 3.05) is 11.9 Å². The number of anilines is 1. The van der Waals surface area contributed by atoms with E-state index in [0.717, 1.165) is 12.8 Å². The topological polar surface area (TPSA) is 90.1 Å². The second kappa shape index (κ2) is 6.53. The van der Waals surface area contributed by atoms with Crippen LogP contribution in [0.25, 0.3) is 0 Å². The number of nitrogens with two attached hydrogens (primary N) is 1.